The van der Waals surface area contributed by atoms with Crippen molar-refractivity contribution in [3.8, 4) is 0 Å². The first-order valence-corrected chi connectivity index (χ1v) is 6.58. The highest BCUT2D eigenvalue weighted by Gasteiger charge is 1.98. The fourth-order valence-corrected chi connectivity index (χ4v) is 2.47. The molecule has 0 spiro atoms. The predicted octanol–water partition coefficient (Wildman–Crippen LogP) is 3.72. The van der Waals surface area contributed by atoms with Crippen molar-refractivity contribution < 1.29 is 0 Å². The summed E-state index contributed by atoms with van der Waals surface area (Å²) in [6, 6.07) is 12.7. The fraction of sp³-hybridized carbons (Fsp3) is 0.214. The molecule has 1 aromatic heterocycles. The van der Waals surface area contributed by atoms with E-state index in [1.54, 1.807) is 0 Å². The standard InChI is InChI=1S/C14H16N2S/c1-11-4-3-5-12(8-11)10-17-13-6-7-16-14(9-13)15-2/h3-9H,10H2,1-2H3,(H,15,16). The van der Waals surface area contributed by atoms with Crippen LogP contribution in [0.25, 0.3) is 0 Å². The maximum atomic E-state index is 4.20. The van der Waals surface area contributed by atoms with Gasteiger partial charge in [0, 0.05) is 23.9 Å². The van der Waals surface area contributed by atoms with Crippen molar-refractivity contribution in [3.63, 3.8) is 0 Å². The lowest BCUT2D eigenvalue weighted by molar-refractivity contribution is 1.23. The molecular weight excluding hydrogens is 228 g/mol. The number of hydrogen-bond donors (Lipinski definition) is 1. The van der Waals surface area contributed by atoms with Gasteiger partial charge in [-0.2, -0.15) is 0 Å². The summed E-state index contributed by atoms with van der Waals surface area (Å²) in [5.74, 6) is 1.91. The van der Waals surface area contributed by atoms with Gasteiger partial charge in [0.25, 0.3) is 0 Å². The molecule has 0 fully saturated rings. The smallest absolute Gasteiger partial charge is 0.126 e. The molecule has 17 heavy (non-hydrogen) atoms. The third kappa shape index (κ3) is 3.49. The van der Waals surface area contributed by atoms with E-state index in [9.17, 15) is 0 Å². The molecule has 0 amide bonds. The summed E-state index contributed by atoms with van der Waals surface area (Å²) in [4.78, 5) is 5.44. The first kappa shape index (κ1) is 12.0. The minimum Gasteiger partial charge on any atom is -0.373 e. The molecule has 0 radical (unpaired) electrons. The fourth-order valence-electron chi connectivity index (χ4n) is 1.61. The van der Waals surface area contributed by atoms with Gasteiger partial charge in [0.1, 0.15) is 5.82 Å². The summed E-state index contributed by atoms with van der Waals surface area (Å²) < 4.78 is 0. The number of anilines is 1. The number of benzene rings is 1. The largest absolute Gasteiger partial charge is 0.373 e. The van der Waals surface area contributed by atoms with Gasteiger partial charge >= 0.3 is 0 Å². The van der Waals surface area contributed by atoms with E-state index in [-0.39, 0.29) is 0 Å². The third-order valence-electron chi connectivity index (χ3n) is 2.48. The molecule has 3 heteroatoms. The molecule has 1 aromatic carbocycles. The second kappa shape index (κ2) is 5.73. The molecule has 0 atom stereocenters. The SMILES string of the molecule is CNc1cc(SCc2cccc(C)c2)ccn1. The van der Waals surface area contributed by atoms with Crippen molar-refractivity contribution in [2.24, 2.45) is 0 Å². The minimum atomic E-state index is 0.916. The molecule has 88 valence electrons. The number of hydrogen-bond acceptors (Lipinski definition) is 3. The molecule has 0 aliphatic heterocycles. The highest BCUT2D eigenvalue weighted by molar-refractivity contribution is 7.98. The summed E-state index contributed by atoms with van der Waals surface area (Å²) >= 11 is 1.83. The van der Waals surface area contributed by atoms with Crippen LogP contribution in [0, 0.1) is 6.92 Å². The zero-order chi connectivity index (χ0) is 12.1. The summed E-state index contributed by atoms with van der Waals surface area (Å²) in [5.41, 5.74) is 2.67. The Hall–Kier alpha value is -1.48. The molecule has 0 saturated heterocycles. The normalized spacial score (nSPS) is 10.2. The Morgan fingerprint density at radius 3 is 2.88 bits per heavy atom. The number of nitrogens with zero attached hydrogens (tertiary/aromatic N) is 1. The molecular formula is C14H16N2S. The van der Waals surface area contributed by atoms with E-state index < -0.39 is 0 Å². The number of pyridine rings is 1. The molecule has 1 heterocycles. The van der Waals surface area contributed by atoms with Gasteiger partial charge in [-0.3, -0.25) is 0 Å². The van der Waals surface area contributed by atoms with Crippen molar-refractivity contribution in [1.82, 2.24) is 4.98 Å². The van der Waals surface area contributed by atoms with Gasteiger partial charge in [0.15, 0.2) is 0 Å². The van der Waals surface area contributed by atoms with E-state index in [4.69, 9.17) is 0 Å². The van der Waals surface area contributed by atoms with E-state index in [0.29, 0.717) is 0 Å². The highest BCUT2D eigenvalue weighted by Crippen LogP contribution is 2.24. The van der Waals surface area contributed by atoms with E-state index in [1.807, 2.05) is 31.1 Å². The Bertz CT molecular complexity index is 497. The van der Waals surface area contributed by atoms with Crippen LogP contribution in [0.3, 0.4) is 0 Å². The second-order valence-electron chi connectivity index (χ2n) is 3.90. The predicted molar refractivity (Wildman–Crippen MR) is 74.5 cm³/mol. The minimum absolute atomic E-state index is 0.916. The number of nitrogens with one attached hydrogen (secondary N) is 1. The van der Waals surface area contributed by atoms with E-state index in [2.05, 4.69) is 47.6 Å². The monoisotopic (exact) mass is 244 g/mol. The molecule has 0 saturated carbocycles. The van der Waals surface area contributed by atoms with Crippen molar-refractivity contribution in [2.45, 2.75) is 17.6 Å². The Morgan fingerprint density at radius 2 is 2.12 bits per heavy atom. The van der Waals surface area contributed by atoms with E-state index >= 15 is 0 Å². The Kier molecular flexibility index (Phi) is 4.04. The molecule has 1 N–H and O–H groups in total. The number of aromatic nitrogens is 1. The van der Waals surface area contributed by atoms with Crippen LogP contribution >= 0.6 is 11.8 Å². The molecule has 0 aliphatic rings. The Morgan fingerprint density at radius 1 is 1.24 bits per heavy atom. The lowest BCUT2D eigenvalue weighted by Crippen LogP contribution is -1.91. The second-order valence-corrected chi connectivity index (χ2v) is 4.95. The number of aryl methyl sites for hydroxylation is 1. The van der Waals surface area contributed by atoms with Crippen molar-refractivity contribution in [1.29, 1.82) is 0 Å². The van der Waals surface area contributed by atoms with Crippen LogP contribution in [-0.2, 0) is 5.75 Å². The van der Waals surface area contributed by atoms with Gasteiger partial charge in [0.2, 0.25) is 0 Å². The first-order chi connectivity index (χ1) is 8.28. The maximum absolute atomic E-state index is 4.20. The maximum Gasteiger partial charge on any atom is 0.126 e. The molecule has 2 rings (SSSR count). The summed E-state index contributed by atoms with van der Waals surface area (Å²) in [6.45, 7) is 2.12. The van der Waals surface area contributed by atoms with Gasteiger partial charge in [-0.15, -0.1) is 11.8 Å². The first-order valence-electron chi connectivity index (χ1n) is 5.60. The molecule has 0 bridgehead atoms. The van der Waals surface area contributed by atoms with Crippen molar-refractivity contribution in [2.75, 3.05) is 12.4 Å². The van der Waals surface area contributed by atoms with Gasteiger partial charge in [-0.05, 0) is 24.6 Å². The topological polar surface area (TPSA) is 24.9 Å². The Balaban J connectivity index is 2.02. The van der Waals surface area contributed by atoms with Crippen LogP contribution in [0.1, 0.15) is 11.1 Å². The zero-order valence-electron chi connectivity index (χ0n) is 10.1. The number of rotatable bonds is 4. The average molecular weight is 244 g/mol. The summed E-state index contributed by atoms with van der Waals surface area (Å²) in [6.07, 6.45) is 1.84. The van der Waals surface area contributed by atoms with Gasteiger partial charge < -0.3 is 5.32 Å². The lowest BCUT2D eigenvalue weighted by Gasteiger charge is -2.04. The highest BCUT2D eigenvalue weighted by atomic mass is 32.2. The zero-order valence-corrected chi connectivity index (χ0v) is 10.9. The molecule has 2 aromatic rings. The molecule has 0 unspecified atom stereocenters. The van der Waals surface area contributed by atoms with Gasteiger partial charge in [-0.25, -0.2) is 4.98 Å². The van der Waals surface area contributed by atoms with Gasteiger partial charge in [-0.1, -0.05) is 29.8 Å². The van der Waals surface area contributed by atoms with E-state index in [0.717, 1.165) is 11.6 Å². The van der Waals surface area contributed by atoms with Crippen LogP contribution in [0.15, 0.2) is 47.5 Å². The van der Waals surface area contributed by atoms with Crippen LogP contribution in [-0.4, -0.2) is 12.0 Å². The lowest BCUT2D eigenvalue weighted by atomic mass is 10.2. The third-order valence-corrected chi connectivity index (χ3v) is 3.54. The molecule has 2 nitrogen and oxygen atoms in total. The van der Waals surface area contributed by atoms with Crippen LogP contribution < -0.4 is 5.32 Å². The quantitative estimate of drug-likeness (QED) is 0.830. The van der Waals surface area contributed by atoms with E-state index in [1.165, 1.54) is 16.0 Å². The van der Waals surface area contributed by atoms with Gasteiger partial charge in [0.05, 0.1) is 0 Å². The van der Waals surface area contributed by atoms with Crippen LogP contribution in [0.4, 0.5) is 5.82 Å². The average Bonchev–Trinajstić information content (AvgIpc) is 2.37. The Labute approximate surface area is 106 Å². The van der Waals surface area contributed by atoms with Crippen molar-refractivity contribution in [3.05, 3.63) is 53.7 Å². The molecule has 0 aliphatic carbocycles. The summed E-state index contributed by atoms with van der Waals surface area (Å²) in [7, 11) is 1.89. The van der Waals surface area contributed by atoms with Crippen molar-refractivity contribution >= 4 is 17.6 Å². The number of thioether (sulfide) groups is 1. The van der Waals surface area contributed by atoms with Crippen LogP contribution in [0.2, 0.25) is 0 Å². The summed E-state index contributed by atoms with van der Waals surface area (Å²) in [5, 5.41) is 3.05. The van der Waals surface area contributed by atoms with Crippen LogP contribution in [0.5, 0.6) is 0 Å².